The normalized spacial score (nSPS) is 17.2. The van der Waals surface area contributed by atoms with Crippen LogP contribution in [0.15, 0.2) is 127 Å². The average molecular weight is 1700 g/mol. The number of anilines is 8. The van der Waals surface area contributed by atoms with Gasteiger partial charge in [0.1, 0.15) is 46.5 Å². The number of hydrogen-bond donors (Lipinski definition) is 16. The smallest absolute Gasteiger partial charge is 0.163 e. The van der Waals surface area contributed by atoms with Gasteiger partial charge >= 0.3 is 0 Å². The van der Waals surface area contributed by atoms with Gasteiger partial charge in [0.15, 0.2) is 22.6 Å². The number of nitrogens with one attached hydrogen (secondary N) is 12. The number of fused-ring (bicyclic) bond motifs is 4. The molecule has 16 N–H and O–H groups in total. The molecule has 0 atom stereocenters. The fourth-order valence-corrected chi connectivity index (χ4v) is 16.3. The molecule has 11 aromatic rings. The van der Waals surface area contributed by atoms with E-state index in [1.807, 2.05) is 122 Å². The number of aliphatic hydroxyl groups is 4. The summed E-state index contributed by atoms with van der Waals surface area (Å²) in [5.41, 5.74) is 8.33. The molecule has 1 aliphatic carbocycles. The van der Waals surface area contributed by atoms with Gasteiger partial charge in [0.05, 0.1) is 47.2 Å². The van der Waals surface area contributed by atoms with Gasteiger partial charge in [-0.05, 0) is 187 Å². The molecule has 16 rings (SSSR count). The van der Waals surface area contributed by atoms with E-state index in [4.69, 9.17) is 31.5 Å². The largest absolute Gasteiger partial charge is 0.388 e. The lowest BCUT2D eigenvalue weighted by atomic mass is 9.89. The molecule has 0 bridgehead atoms. The van der Waals surface area contributed by atoms with Crippen molar-refractivity contribution < 1.29 is 20.4 Å². The summed E-state index contributed by atoms with van der Waals surface area (Å²) in [5, 5.41) is 103. The second-order valence-corrected chi connectivity index (χ2v) is 35.1. The van der Waals surface area contributed by atoms with Crippen LogP contribution >= 0.6 is 27.5 Å². The highest BCUT2D eigenvalue weighted by molar-refractivity contribution is 9.10. The lowest BCUT2D eigenvalue weighted by Gasteiger charge is -2.32. The summed E-state index contributed by atoms with van der Waals surface area (Å²) in [5.74, 6) is 8.56. The van der Waals surface area contributed by atoms with Gasteiger partial charge in [-0.15, -0.1) is 0 Å². The summed E-state index contributed by atoms with van der Waals surface area (Å²) < 4.78 is 8.54. The summed E-state index contributed by atoms with van der Waals surface area (Å²) >= 11 is 9.93. The zero-order chi connectivity index (χ0) is 82.8. The molecule has 5 fully saturated rings. The fourth-order valence-electron chi connectivity index (χ4n) is 15.7. The lowest BCUT2D eigenvalue weighted by molar-refractivity contribution is 0.0227. The number of hydrogen-bond acceptors (Lipinski definition) is 25. The van der Waals surface area contributed by atoms with E-state index in [1.54, 1.807) is 12.4 Å². The maximum atomic E-state index is 10.8. The van der Waals surface area contributed by atoms with Crippen LogP contribution < -0.4 is 63.8 Å². The second-order valence-electron chi connectivity index (χ2n) is 33.9. The molecule has 29 nitrogen and oxygen atoms in total. The topological polar surface area (TPSA) is 359 Å². The molecule has 4 aliphatic heterocycles. The molecule has 118 heavy (non-hydrogen) atoms. The molecule has 0 radical (unpaired) electrons. The highest BCUT2D eigenvalue weighted by Gasteiger charge is 2.34. The molecule has 5 aliphatic rings. The van der Waals surface area contributed by atoms with E-state index in [0.29, 0.717) is 69.5 Å². The van der Waals surface area contributed by atoms with E-state index in [-0.39, 0.29) is 0 Å². The van der Waals surface area contributed by atoms with E-state index in [9.17, 15) is 20.4 Å². The van der Waals surface area contributed by atoms with Crippen LogP contribution in [0.25, 0.3) is 22.6 Å². The summed E-state index contributed by atoms with van der Waals surface area (Å²) in [6.07, 6.45) is 23.8. The second kappa shape index (κ2) is 40.3. The van der Waals surface area contributed by atoms with Crippen LogP contribution in [0, 0.1) is 5.92 Å². The van der Waals surface area contributed by atoms with Crippen molar-refractivity contribution in [2.24, 2.45) is 5.92 Å². The molecule has 634 valence electrons. The highest BCUT2D eigenvalue weighted by atomic mass is 79.9. The standard InChI is InChI=1S/C22H29BrN6O.C22H29ClN6O.C22H36N6O.C21H29N7O/c2*1-15(2)17-13-27-29-20(25-12-16-5-3-4-6-18(16)23)11-19(28-21(17)29)26-14-22(30)7-9-24-10-8-22;1-16(2)18-14-26-28-20(24-13-17-6-4-3-5-7-17)12-19(27-21(18)28)25-15-22(29)8-10-23-11-9-22;1-15(2)17-13-26-28-19(24-12-16-3-7-22-8-4-16)11-18(27-20(17)28)25-14-21(29)5-9-23-10-6-21/h2*3-6,11,13,15,24-25,30H,7-10,12,14H2,1-2H3,(H,26,28);12,14,16-17,23-24,29H,3-11,13,15H2,1-2H3,(H,25,27);3-4,7-8,11,13,15,23-24,29H,5-6,9-10,12,14H2,1-2H3,(H,25,27). The summed E-state index contributed by atoms with van der Waals surface area (Å²) in [6, 6.07) is 27.8. The first-order chi connectivity index (χ1) is 57.0. The third-order valence-electron chi connectivity index (χ3n) is 23.4. The Morgan fingerprint density at radius 3 is 1.06 bits per heavy atom. The Morgan fingerprint density at radius 1 is 0.407 bits per heavy atom. The Labute approximate surface area is 706 Å². The van der Waals surface area contributed by atoms with Gasteiger partial charge in [-0.3, -0.25) is 4.98 Å². The Kier molecular flexibility index (Phi) is 29.6. The zero-order valence-electron chi connectivity index (χ0n) is 69.8. The van der Waals surface area contributed by atoms with Crippen LogP contribution in [-0.4, -0.2) is 191 Å². The monoisotopic (exact) mass is 1700 g/mol. The lowest BCUT2D eigenvalue weighted by Crippen LogP contribution is -2.46. The first-order valence-corrected chi connectivity index (χ1v) is 43.7. The van der Waals surface area contributed by atoms with Crippen LogP contribution in [0.1, 0.15) is 201 Å². The fraction of sp³-hybridized carbons (Fsp3) is 0.529. The molecular formula is C87H123BrClN25O4. The van der Waals surface area contributed by atoms with Gasteiger partial charge in [-0.25, -0.2) is 19.9 Å². The van der Waals surface area contributed by atoms with Crippen molar-refractivity contribution in [3.05, 3.63) is 171 Å². The molecule has 4 saturated heterocycles. The molecule has 1 saturated carbocycles. The number of benzene rings is 2. The van der Waals surface area contributed by atoms with Gasteiger partial charge in [0.2, 0.25) is 0 Å². The number of piperidine rings is 4. The summed E-state index contributed by atoms with van der Waals surface area (Å²) in [7, 11) is 0. The molecule has 0 spiro atoms. The quantitative estimate of drug-likeness (QED) is 0.0217. The number of rotatable bonds is 28. The Bertz CT molecular complexity index is 4860. The first kappa shape index (κ1) is 86.8. The zero-order valence-corrected chi connectivity index (χ0v) is 72.1. The molecule has 2 aromatic carbocycles. The average Bonchev–Trinajstić information content (AvgIpc) is 1.64. The molecule has 13 heterocycles. The molecule has 9 aromatic heterocycles. The molecule has 0 amide bonds. The van der Waals surface area contributed by atoms with Crippen LogP contribution in [0.3, 0.4) is 0 Å². The Balaban J connectivity index is 0.000000136. The van der Waals surface area contributed by atoms with Crippen LogP contribution in [0.4, 0.5) is 46.5 Å². The van der Waals surface area contributed by atoms with Crippen LogP contribution in [-0.2, 0) is 19.6 Å². The third-order valence-corrected chi connectivity index (χ3v) is 24.5. The van der Waals surface area contributed by atoms with E-state index >= 15 is 0 Å². The van der Waals surface area contributed by atoms with Gasteiger partial charge in [-0.1, -0.05) is 139 Å². The van der Waals surface area contributed by atoms with Gasteiger partial charge in [0, 0.05) is 121 Å². The number of pyridine rings is 1. The van der Waals surface area contributed by atoms with Crippen molar-refractivity contribution in [3.63, 3.8) is 0 Å². The minimum Gasteiger partial charge on any atom is -0.388 e. The van der Waals surface area contributed by atoms with Crippen LogP contribution in [0.2, 0.25) is 5.02 Å². The molecule has 0 unspecified atom stereocenters. The van der Waals surface area contributed by atoms with E-state index < -0.39 is 22.4 Å². The first-order valence-electron chi connectivity index (χ1n) is 42.5. The Hall–Kier alpha value is -9.08. The van der Waals surface area contributed by atoms with E-state index in [0.717, 1.165) is 234 Å². The number of aromatic nitrogens is 13. The third kappa shape index (κ3) is 22.9. The van der Waals surface area contributed by atoms with Gasteiger partial charge < -0.3 is 84.2 Å². The summed E-state index contributed by atoms with van der Waals surface area (Å²) in [4.78, 5) is 23.3. The predicted octanol–water partition coefficient (Wildman–Crippen LogP) is 13.2. The molecular weight excluding hydrogens is 1570 g/mol. The van der Waals surface area contributed by atoms with Gasteiger partial charge in [0.25, 0.3) is 0 Å². The van der Waals surface area contributed by atoms with Gasteiger partial charge in [-0.2, -0.15) is 38.5 Å². The minimum absolute atomic E-state index is 0.301. The predicted molar refractivity (Wildman–Crippen MR) is 477 cm³/mol. The van der Waals surface area contributed by atoms with Crippen molar-refractivity contribution in [2.45, 2.75) is 205 Å². The van der Waals surface area contributed by atoms with E-state index in [1.165, 1.54) is 32.1 Å². The van der Waals surface area contributed by atoms with Crippen molar-refractivity contribution >= 4 is 96.7 Å². The number of nitrogens with zero attached hydrogens (tertiary/aromatic N) is 13. The van der Waals surface area contributed by atoms with E-state index in [2.05, 4.69) is 167 Å². The summed E-state index contributed by atoms with van der Waals surface area (Å²) in [6.45, 7) is 28.7. The minimum atomic E-state index is -0.717. The maximum absolute atomic E-state index is 10.8. The Morgan fingerprint density at radius 2 is 0.720 bits per heavy atom. The van der Waals surface area contributed by atoms with Crippen molar-refractivity contribution in [1.82, 2.24) is 84.6 Å². The van der Waals surface area contributed by atoms with Crippen molar-refractivity contribution in [1.29, 1.82) is 0 Å². The highest BCUT2D eigenvalue weighted by Crippen LogP contribution is 2.34. The SMILES string of the molecule is CC(C)c1cnn2c(NCC3CCCCC3)cc(NCC3(O)CCNCC3)nc12.CC(C)c1cnn2c(NCc3ccccc3Br)cc(NCC3(O)CCNCC3)nc12.CC(C)c1cnn2c(NCc3ccccc3Cl)cc(NCC3(O)CCNCC3)nc12.CC(C)c1cnn2c(NCc3ccncc3)cc(NCC3(O)CCNCC3)nc12. The molecule has 31 heteroatoms. The van der Waals surface area contributed by atoms with Crippen molar-refractivity contribution in [3.8, 4) is 0 Å². The number of halogens is 2. The van der Waals surface area contributed by atoms with Crippen molar-refractivity contribution in [2.75, 3.05) is 128 Å². The van der Waals surface area contributed by atoms with Crippen LogP contribution in [0.5, 0.6) is 0 Å². The maximum Gasteiger partial charge on any atom is 0.163 e.